The average Bonchev–Trinajstić information content (AvgIpc) is 2.29. The Morgan fingerprint density at radius 1 is 0.938 bits per heavy atom. The van der Waals surface area contributed by atoms with Crippen molar-refractivity contribution >= 4 is 0 Å². The fraction of sp³-hybridized carbons (Fsp3) is 0.231. The minimum atomic E-state index is -0.628. The third kappa shape index (κ3) is 1.95. The van der Waals surface area contributed by atoms with Crippen molar-refractivity contribution in [3.8, 4) is 0 Å². The van der Waals surface area contributed by atoms with E-state index in [0.29, 0.717) is 0 Å². The first kappa shape index (κ1) is 10.8. The van der Waals surface area contributed by atoms with Gasteiger partial charge in [0, 0.05) is 30.4 Å². The van der Waals surface area contributed by atoms with Crippen molar-refractivity contribution in [2.75, 3.05) is 0 Å². The zero-order valence-electron chi connectivity index (χ0n) is 9.38. The van der Waals surface area contributed by atoms with Gasteiger partial charge in [-0.1, -0.05) is 0 Å². The molecule has 0 saturated heterocycles. The van der Waals surface area contributed by atoms with Gasteiger partial charge in [-0.3, -0.25) is 9.97 Å². The Hall–Kier alpha value is -1.74. The van der Waals surface area contributed by atoms with Crippen LogP contribution in [0.5, 0.6) is 0 Å². The second kappa shape index (κ2) is 4.41. The summed E-state index contributed by atoms with van der Waals surface area (Å²) < 4.78 is 0. The quantitative estimate of drug-likeness (QED) is 0.833. The van der Waals surface area contributed by atoms with Gasteiger partial charge in [0.1, 0.15) is 6.10 Å². The summed E-state index contributed by atoms with van der Waals surface area (Å²) in [6.07, 6.45) is 6.25. The van der Waals surface area contributed by atoms with Crippen LogP contribution in [0.1, 0.15) is 28.4 Å². The standard InChI is InChI=1S/C13H14N2O/c1-9-3-5-15-8-12(9)13(16)11-4-6-14-7-10(11)2/h3-8,13,16H,1-2H3. The van der Waals surface area contributed by atoms with Crippen LogP contribution in [0.3, 0.4) is 0 Å². The largest absolute Gasteiger partial charge is 0.384 e. The highest BCUT2D eigenvalue weighted by atomic mass is 16.3. The molecule has 2 aromatic heterocycles. The van der Waals surface area contributed by atoms with Gasteiger partial charge in [0.05, 0.1) is 0 Å². The third-order valence-corrected chi connectivity index (χ3v) is 2.73. The summed E-state index contributed by atoms with van der Waals surface area (Å²) in [5.41, 5.74) is 3.75. The van der Waals surface area contributed by atoms with E-state index in [2.05, 4.69) is 9.97 Å². The maximum absolute atomic E-state index is 10.3. The van der Waals surface area contributed by atoms with Crippen LogP contribution in [0.15, 0.2) is 36.9 Å². The van der Waals surface area contributed by atoms with Crippen LogP contribution in [0, 0.1) is 13.8 Å². The molecule has 2 rings (SSSR count). The molecule has 16 heavy (non-hydrogen) atoms. The van der Waals surface area contributed by atoms with Crippen LogP contribution in [0.25, 0.3) is 0 Å². The van der Waals surface area contributed by atoms with E-state index in [1.165, 1.54) is 0 Å². The minimum absolute atomic E-state index is 0.628. The van der Waals surface area contributed by atoms with Crippen LogP contribution >= 0.6 is 0 Å². The molecule has 0 aromatic carbocycles. The van der Waals surface area contributed by atoms with Crippen LogP contribution in [0.2, 0.25) is 0 Å². The number of hydrogen-bond donors (Lipinski definition) is 1. The second-order valence-corrected chi connectivity index (χ2v) is 3.87. The lowest BCUT2D eigenvalue weighted by Crippen LogP contribution is -2.04. The fourth-order valence-electron chi connectivity index (χ4n) is 1.72. The molecule has 1 N–H and O–H groups in total. The number of rotatable bonds is 2. The maximum Gasteiger partial charge on any atom is 0.106 e. The van der Waals surface area contributed by atoms with E-state index in [1.807, 2.05) is 26.0 Å². The maximum atomic E-state index is 10.3. The predicted octanol–water partition coefficient (Wildman–Crippen LogP) is 2.18. The Balaban J connectivity index is 2.44. The summed E-state index contributed by atoms with van der Waals surface area (Å²) in [4.78, 5) is 8.06. The molecule has 0 fully saturated rings. The zero-order valence-corrected chi connectivity index (χ0v) is 9.38. The van der Waals surface area contributed by atoms with Gasteiger partial charge in [0.2, 0.25) is 0 Å². The molecule has 82 valence electrons. The van der Waals surface area contributed by atoms with Crippen molar-refractivity contribution in [3.05, 3.63) is 59.2 Å². The number of pyridine rings is 2. The van der Waals surface area contributed by atoms with E-state index >= 15 is 0 Å². The van der Waals surface area contributed by atoms with Gasteiger partial charge in [0.25, 0.3) is 0 Å². The van der Waals surface area contributed by atoms with Crippen LogP contribution in [-0.4, -0.2) is 15.1 Å². The number of aliphatic hydroxyl groups is 1. The summed E-state index contributed by atoms with van der Waals surface area (Å²) in [7, 11) is 0. The first-order valence-electron chi connectivity index (χ1n) is 5.19. The molecule has 3 nitrogen and oxygen atoms in total. The third-order valence-electron chi connectivity index (χ3n) is 2.73. The predicted molar refractivity (Wildman–Crippen MR) is 62.0 cm³/mol. The zero-order chi connectivity index (χ0) is 11.5. The molecule has 1 unspecified atom stereocenters. The van der Waals surface area contributed by atoms with Gasteiger partial charge in [-0.15, -0.1) is 0 Å². The molecule has 2 heterocycles. The fourth-order valence-corrected chi connectivity index (χ4v) is 1.72. The number of nitrogens with zero attached hydrogens (tertiary/aromatic N) is 2. The molecule has 0 bridgehead atoms. The van der Waals surface area contributed by atoms with Gasteiger partial charge >= 0.3 is 0 Å². The highest BCUT2D eigenvalue weighted by Gasteiger charge is 2.14. The normalized spacial score (nSPS) is 12.4. The topological polar surface area (TPSA) is 46.0 Å². The molecule has 1 atom stereocenters. The molecule has 0 amide bonds. The van der Waals surface area contributed by atoms with Gasteiger partial charge in [-0.05, 0) is 42.7 Å². The van der Waals surface area contributed by atoms with Gasteiger partial charge < -0.3 is 5.11 Å². The summed E-state index contributed by atoms with van der Waals surface area (Å²) in [6, 6.07) is 3.74. The van der Waals surface area contributed by atoms with Crippen LogP contribution in [-0.2, 0) is 0 Å². The van der Waals surface area contributed by atoms with Crippen molar-refractivity contribution in [3.63, 3.8) is 0 Å². The van der Waals surface area contributed by atoms with E-state index in [0.717, 1.165) is 22.3 Å². The Labute approximate surface area is 94.8 Å². The molecule has 0 saturated carbocycles. The highest BCUT2D eigenvalue weighted by Crippen LogP contribution is 2.25. The van der Waals surface area contributed by atoms with Crippen molar-refractivity contribution in [2.45, 2.75) is 20.0 Å². The number of aromatic nitrogens is 2. The number of aliphatic hydroxyl groups excluding tert-OH is 1. The molecular formula is C13H14N2O. The Kier molecular flexibility index (Phi) is 2.97. The Morgan fingerprint density at radius 2 is 1.62 bits per heavy atom. The highest BCUT2D eigenvalue weighted by molar-refractivity contribution is 5.35. The molecule has 3 heteroatoms. The molecule has 0 aliphatic carbocycles. The smallest absolute Gasteiger partial charge is 0.106 e. The first-order chi connectivity index (χ1) is 7.70. The van der Waals surface area contributed by atoms with Crippen molar-refractivity contribution in [1.29, 1.82) is 0 Å². The minimum Gasteiger partial charge on any atom is -0.384 e. The summed E-state index contributed by atoms with van der Waals surface area (Å²) in [5.74, 6) is 0. The SMILES string of the molecule is Cc1cnccc1C(O)c1cnccc1C. The molecule has 0 spiro atoms. The molecule has 0 aliphatic rings. The Bertz CT molecular complexity index is 451. The van der Waals surface area contributed by atoms with Crippen molar-refractivity contribution < 1.29 is 5.11 Å². The van der Waals surface area contributed by atoms with E-state index in [-0.39, 0.29) is 0 Å². The molecule has 0 aliphatic heterocycles. The summed E-state index contributed by atoms with van der Waals surface area (Å²) >= 11 is 0. The summed E-state index contributed by atoms with van der Waals surface area (Å²) in [5, 5.41) is 10.3. The van der Waals surface area contributed by atoms with E-state index in [1.54, 1.807) is 24.8 Å². The monoisotopic (exact) mass is 214 g/mol. The van der Waals surface area contributed by atoms with Gasteiger partial charge in [-0.2, -0.15) is 0 Å². The van der Waals surface area contributed by atoms with Crippen LogP contribution in [0.4, 0.5) is 0 Å². The van der Waals surface area contributed by atoms with E-state index in [4.69, 9.17) is 0 Å². The lowest BCUT2D eigenvalue weighted by molar-refractivity contribution is 0.218. The van der Waals surface area contributed by atoms with Crippen molar-refractivity contribution in [2.24, 2.45) is 0 Å². The van der Waals surface area contributed by atoms with Gasteiger partial charge in [-0.25, -0.2) is 0 Å². The van der Waals surface area contributed by atoms with E-state index in [9.17, 15) is 5.11 Å². The number of aryl methyl sites for hydroxylation is 2. The van der Waals surface area contributed by atoms with Crippen LogP contribution < -0.4 is 0 Å². The lowest BCUT2D eigenvalue weighted by atomic mass is 9.97. The first-order valence-corrected chi connectivity index (χ1v) is 5.19. The average molecular weight is 214 g/mol. The molecule has 2 aromatic rings. The second-order valence-electron chi connectivity index (χ2n) is 3.87. The Morgan fingerprint density at radius 3 is 2.31 bits per heavy atom. The number of hydrogen-bond acceptors (Lipinski definition) is 3. The molecular weight excluding hydrogens is 200 g/mol. The van der Waals surface area contributed by atoms with E-state index < -0.39 is 6.10 Å². The van der Waals surface area contributed by atoms with Gasteiger partial charge in [0.15, 0.2) is 0 Å². The lowest BCUT2D eigenvalue weighted by Gasteiger charge is -2.15. The molecule has 0 radical (unpaired) electrons. The van der Waals surface area contributed by atoms with Crippen molar-refractivity contribution in [1.82, 2.24) is 9.97 Å². The summed E-state index contributed by atoms with van der Waals surface area (Å²) in [6.45, 7) is 3.91.